The normalized spacial score (nSPS) is 10.4. The van der Waals surface area contributed by atoms with E-state index >= 15 is 0 Å². The lowest BCUT2D eigenvalue weighted by Crippen LogP contribution is -2.43. The lowest BCUT2D eigenvalue weighted by atomic mass is 10.2. The van der Waals surface area contributed by atoms with E-state index in [0.717, 1.165) is 11.3 Å². The van der Waals surface area contributed by atoms with Gasteiger partial charge in [-0.3, -0.25) is 15.6 Å². The molecule has 1 amide bonds. The van der Waals surface area contributed by atoms with Crippen molar-refractivity contribution in [2.75, 3.05) is 5.32 Å². The molecule has 5 nitrogen and oxygen atoms in total. The summed E-state index contributed by atoms with van der Waals surface area (Å²) in [4.78, 5) is 12.0. The van der Waals surface area contributed by atoms with E-state index in [1.54, 1.807) is 18.2 Å². The molecule has 3 rings (SSSR count). The van der Waals surface area contributed by atoms with Gasteiger partial charge in [0, 0.05) is 6.08 Å². The first-order chi connectivity index (χ1) is 14.1. The number of rotatable bonds is 5. The number of carbonyl (C=O) groups excluding carboxylic acids is 1. The van der Waals surface area contributed by atoms with Crippen LogP contribution in [0.4, 0.5) is 10.1 Å². The molecule has 3 aromatic rings. The minimum absolute atomic E-state index is 0.0649. The molecule has 0 saturated heterocycles. The Balaban J connectivity index is 1.50. The molecule has 0 atom stereocenters. The van der Waals surface area contributed by atoms with Crippen molar-refractivity contribution >= 4 is 35.0 Å². The Bertz CT molecular complexity index is 1030. The molecule has 0 aliphatic rings. The van der Waals surface area contributed by atoms with Gasteiger partial charge in [0.2, 0.25) is 0 Å². The molecule has 0 aromatic heterocycles. The lowest BCUT2D eigenvalue weighted by molar-refractivity contribution is -0.116. The molecule has 3 N–H and O–H groups in total. The van der Waals surface area contributed by atoms with Crippen LogP contribution < -0.4 is 20.9 Å². The highest BCUT2D eigenvalue weighted by Crippen LogP contribution is 2.22. The first-order valence-electron chi connectivity index (χ1n) is 8.73. The van der Waals surface area contributed by atoms with E-state index in [9.17, 15) is 9.18 Å². The number of hydrazine groups is 1. The summed E-state index contributed by atoms with van der Waals surface area (Å²) >= 11 is 5.03. The molecule has 0 aliphatic heterocycles. The Labute approximate surface area is 173 Å². The van der Waals surface area contributed by atoms with Gasteiger partial charge in [0.1, 0.15) is 17.3 Å². The molecular formula is C22H18FN3O2S. The van der Waals surface area contributed by atoms with Crippen molar-refractivity contribution in [3.8, 4) is 11.5 Å². The molecule has 0 aliphatic carbocycles. The number of halogens is 1. The van der Waals surface area contributed by atoms with Crippen LogP contribution in [0.2, 0.25) is 0 Å². The van der Waals surface area contributed by atoms with Crippen molar-refractivity contribution in [2.45, 2.75) is 0 Å². The second-order valence-corrected chi connectivity index (χ2v) is 6.28. The monoisotopic (exact) mass is 407 g/mol. The van der Waals surface area contributed by atoms with Crippen molar-refractivity contribution in [3.05, 3.63) is 96.3 Å². The van der Waals surface area contributed by atoms with E-state index in [0.29, 0.717) is 5.75 Å². The number of anilines is 1. The zero-order valence-corrected chi connectivity index (χ0v) is 16.1. The summed E-state index contributed by atoms with van der Waals surface area (Å²) in [6.45, 7) is 0. The van der Waals surface area contributed by atoms with E-state index in [1.807, 2.05) is 54.6 Å². The molecule has 0 spiro atoms. The number of hydrogen-bond acceptors (Lipinski definition) is 3. The lowest BCUT2D eigenvalue weighted by Gasteiger charge is -2.11. The van der Waals surface area contributed by atoms with Gasteiger partial charge in [0.25, 0.3) is 5.91 Å². The van der Waals surface area contributed by atoms with Gasteiger partial charge in [-0.2, -0.15) is 0 Å². The van der Waals surface area contributed by atoms with E-state index in [2.05, 4.69) is 16.2 Å². The Kier molecular flexibility index (Phi) is 6.91. The van der Waals surface area contributed by atoms with Crippen LogP contribution in [0.3, 0.4) is 0 Å². The predicted octanol–water partition coefficient (Wildman–Crippen LogP) is 4.65. The zero-order chi connectivity index (χ0) is 20.5. The van der Waals surface area contributed by atoms with E-state index in [1.165, 1.54) is 18.2 Å². The van der Waals surface area contributed by atoms with E-state index in [-0.39, 0.29) is 10.8 Å². The van der Waals surface area contributed by atoms with Gasteiger partial charge in [-0.25, -0.2) is 4.39 Å². The molecule has 0 unspecified atom stereocenters. The van der Waals surface area contributed by atoms with Gasteiger partial charge < -0.3 is 10.1 Å². The van der Waals surface area contributed by atoms with Crippen molar-refractivity contribution in [3.63, 3.8) is 0 Å². The molecule has 0 heterocycles. The summed E-state index contributed by atoms with van der Waals surface area (Å²) in [7, 11) is 0. The second-order valence-electron chi connectivity index (χ2n) is 5.87. The highest BCUT2D eigenvalue weighted by atomic mass is 32.1. The Morgan fingerprint density at radius 3 is 2.41 bits per heavy atom. The Hall–Kier alpha value is -3.71. The van der Waals surface area contributed by atoms with Gasteiger partial charge >= 0.3 is 0 Å². The van der Waals surface area contributed by atoms with Gasteiger partial charge in [-0.05, 0) is 60.3 Å². The fourth-order valence-electron chi connectivity index (χ4n) is 2.35. The fourth-order valence-corrected chi connectivity index (χ4v) is 2.52. The Morgan fingerprint density at radius 2 is 1.62 bits per heavy atom. The summed E-state index contributed by atoms with van der Waals surface area (Å²) in [6.07, 6.45) is 2.99. The van der Waals surface area contributed by atoms with Crippen molar-refractivity contribution in [1.29, 1.82) is 0 Å². The average molecular weight is 407 g/mol. The number of nitrogens with one attached hydrogen (secondary N) is 3. The summed E-state index contributed by atoms with van der Waals surface area (Å²) < 4.78 is 19.3. The summed E-state index contributed by atoms with van der Waals surface area (Å²) in [5, 5.41) is 2.72. The minimum atomic E-state index is -0.444. The maximum absolute atomic E-state index is 13.6. The standard InChI is InChI=1S/C22H18FN3O2S/c23-19-11-4-5-12-20(19)24-22(29)26-25-21(27)14-13-16-7-6-10-18(15-16)28-17-8-2-1-3-9-17/h1-15H,(H,25,27)(H2,24,26,29)/b14-13+. The third-order valence-corrected chi connectivity index (χ3v) is 3.89. The molecule has 0 fully saturated rings. The third-order valence-electron chi connectivity index (χ3n) is 3.69. The molecular weight excluding hydrogens is 389 g/mol. The quantitative estimate of drug-likeness (QED) is 0.327. The number of thiocarbonyl (C=S) groups is 1. The highest BCUT2D eigenvalue weighted by molar-refractivity contribution is 7.80. The van der Waals surface area contributed by atoms with E-state index < -0.39 is 11.7 Å². The topological polar surface area (TPSA) is 62.4 Å². The van der Waals surface area contributed by atoms with Crippen LogP contribution in [0.25, 0.3) is 6.08 Å². The van der Waals surface area contributed by atoms with Gasteiger partial charge in [0.05, 0.1) is 5.69 Å². The molecule has 0 radical (unpaired) electrons. The number of amides is 1. The van der Waals surface area contributed by atoms with Crippen LogP contribution in [0, 0.1) is 5.82 Å². The summed E-state index contributed by atoms with van der Waals surface area (Å²) in [5.41, 5.74) is 5.94. The zero-order valence-electron chi connectivity index (χ0n) is 15.3. The Morgan fingerprint density at radius 1 is 0.897 bits per heavy atom. The average Bonchev–Trinajstić information content (AvgIpc) is 2.73. The van der Waals surface area contributed by atoms with Crippen LogP contribution in [-0.2, 0) is 4.79 Å². The van der Waals surface area contributed by atoms with Crippen LogP contribution in [0.15, 0.2) is 84.9 Å². The van der Waals surface area contributed by atoms with Gasteiger partial charge in [0.15, 0.2) is 5.11 Å². The van der Waals surface area contributed by atoms with Crippen molar-refractivity contribution in [1.82, 2.24) is 10.9 Å². The first-order valence-corrected chi connectivity index (χ1v) is 9.13. The number of para-hydroxylation sites is 2. The third kappa shape index (κ3) is 6.44. The van der Waals surface area contributed by atoms with Crippen LogP contribution >= 0.6 is 12.2 Å². The molecule has 3 aromatic carbocycles. The second kappa shape index (κ2) is 10.0. The van der Waals surface area contributed by atoms with Gasteiger partial charge in [-0.1, -0.05) is 42.5 Å². The van der Waals surface area contributed by atoms with Crippen LogP contribution in [0.1, 0.15) is 5.56 Å². The van der Waals surface area contributed by atoms with Crippen molar-refractivity contribution in [2.24, 2.45) is 0 Å². The van der Waals surface area contributed by atoms with Gasteiger partial charge in [-0.15, -0.1) is 0 Å². The highest BCUT2D eigenvalue weighted by Gasteiger charge is 2.03. The van der Waals surface area contributed by atoms with E-state index in [4.69, 9.17) is 17.0 Å². The summed E-state index contributed by atoms with van der Waals surface area (Å²) in [5.74, 6) is 0.524. The number of hydrogen-bond donors (Lipinski definition) is 3. The maximum atomic E-state index is 13.6. The first kappa shape index (κ1) is 20.0. The predicted molar refractivity (Wildman–Crippen MR) is 116 cm³/mol. The van der Waals surface area contributed by atoms with Crippen LogP contribution in [-0.4, -0.2) is 11.0 Å². The number of ether oxygens (including phenoxy) is 1. The number of benzene rings is 3. The molecule has 7 heteroatoms. The molecule has 0 saturated carbocycles. The number of carbonyl (C=O) groups is 1. The van der Waals surface area contributed by atoms with Crippen molar-refractivity contribution < 1.29 is 13.9 Å². The molecule has 29 heavy (non-hydrogen) atoms. The minimum Gasteiger partial charge on any atom is -0.457 e. The SMILES string of the molecule is O=C(/C=C/c1cccc(Oc2ccccc2)c1)NNC(=S)Nc1ccccc1F. The molecule has 146 valence electrons. The smallest absolute Gasteiger partial charge is 0.262 e. The maximum Gasteiger partial charge on any atom is 0.262 e. The summed E-state index contributed by atoms with van der Waals surface area (Å²) in [6, 6.07) is 22.8. The van der Waals surface area contributed by atoms with Crippen LogP contribution in [0.5, 0.6) is 11.5 Å². The molecule has 0 bridgehead atoms. The fraction of sp³-hybridized carbons (Fsp3) is 0. The largest absolute Gasteiger partial charge is 0.457 e.